The molecule has 0 saturated heterocycles. The summed E-state index contributed by atoms with van der Waals surface area (Å²) in [5.74, 6) is -1.21. The molecule has 126 valence electrons. The zero-order valence-corrected chi connectivity index (χ0v) is 14.6. The van der Waals surface area contributed by atoms with Gasteiger partial charge in [-0.25, -0.2) is 0 Å². The largest absolute Gasteiger partial charge is 0.466 e. The van der Waals surface area contributed by atoms with Crippen LogP contribution in [0, 0.1) is 0 Å². The predicted molar refractivity (Wildman–Crippen MR) is 87.9 cm³/mol. The molecule has 1 rings (SSSR count). The Kier molecular flexibility index (Phi) is 8.97. The molecule has 7 heteroatoms. The molecule has 0 aliphatic rings. The second-order valence-corrected chi connectivity index (χ2v) is 5.21. The molecular formula is C16H20BrNO5. The number of carbonyl (C=O) groups is 3. The maximum atomic E-state index is 11.9. The Bertz CT molecular complexity index is 520. The van der Waals surface area contributed by atoms with Gasteiger partial charge in [-0.2, -0.15) is 0 Å². The molecule has 6 nitrogen and oxygen atoms in total. The quantitative estimate of drug-likeness (QED) is 0.479. The van der Waals surface area contributed by atoms with Gasteiger partial charge in [0, 0.05) is 6.54 Å². The molecular weight excluding hydrogens is 366 g/mol. The van der Waals surface area contributed by atoms with E-state index in [1.54, 1.807) is 6.92 Å². The van der Waals surface area contributed by atoms with Crippen LogP contribution in [0.3, 0.4) is 0 Å². The fourth-order valence-electron chi connectivity index (χ4n) is 1.78. The number of esters is 2. The van der Waals surface area contributed by atoms with Crippen molar-refractivity contribution in [3.05, 3.63) is 35.9 Å². The van der Waals surface area contributed by atoms with Crippen LogP contribution in [0.25, 0.3) is 0 Å². The lowest BCUT2D eigenvalue weighted by atomic mass is 10.2. The zero-order chi connectivity index (χ0) is 17.1. The van der Waals surface area contributed by atoms with Crippen molar-refractivity contribution in [1.82, 2.24) is 4.90 Å². The Morgan fingerprint density at radius 1 is 1.09 bits per heavy atom. The van der Waals surface area contributed by atoms with Crippen LogP contribution in [0.2, 0.25) is 0 Å². The van der Waals surface area contributed by atoms with E-state index in [0.29, 0.717) is 0 Å². The van der Waals surface area contributed by atoms with Crippen molar-refractivity contribution >= 4 is 33.8 Å². The van der Waals surface area contributed by atoms with Crippen LogP contribution < -0.4 is 0 Å². The number of ether oxygens (including phenoxy) is 2. The average Bonchev–Trinajstić information content (AvgIpc) is 2.57. The van der Waals surface area contributed by atoms with Crippen molar-refractivity contribution in [2.24, 2.45) is 0 Å². The number of amides is 1. The van der Waals surface area contributed by atoms with Crippen molar-refractivity contribution in [2.45, 2.75) is 20.0 Å². The van der Waals surface area contributed by atoms with E-state index < -0.39 is 11.9 Å². The number of alkyl halides is 1. The van der Waals surface area contributed by atoms with Gasteiger partial charge in [-0.3, -0.25) is 14.4 Å². The molecule has 0 saturated carbocycles. The summed E-state index contributed by atoms with van der Waals surface area (Å²) in [4.78, 5) is 36.3. The van der Waals surface area contributed by atoms with Gasteiger partial charge < -0.3 is 14.4 Å². The average molecular weight is 386 g/mol. The van der Waals surface area contributed by atoms with Crippen LogP contribution in [0.4, 0.5) is 0 Å². The van der Waals surface area contributed by atoms with Crippen molar-refractivity contribution < 1.29 is 23.9 Å². The summed E-state index contributed by atoms with van der Waals surface area (Å²) >= 11 is 3.06. The van der Waals surface area contributed by atoms with Gasteiger partial charge in [0.15, 0.2) is 0 Å². The highest BCUT2D eigenvalue weighted by Crippen LogP contribution is 2.03. The minimum Gasteiger partial charge on any atom is -0.466 e. The van der Waals surface area contributed by atoms with Gasteiger partial charge in [-0.15, -0.1) is 0 Å². The summed E-state index contributed by atoms with van der Waals surface area (Å²) in [6, 6.07) is 9.26. The highest BCUT2D eigenvalue weighted by molar-refractivity contribution is 9.09. The van der Waals surface area contributed by atoms with Crippen LogP contribution in [0.1, 0.15) is 18.9 Å². The summed E-state index contributed by atoms with van der Waals surface area (Å²) < 4.78 is 9.95. The summed E-state index contributed by atoms with van der Waals surface area (Å²) in [5, 5.41) is 0.0712. The molecule has 0 N–H and O–H groups in total. The summed E-state index contributed by atoms with van der Waals surface area (Å²) in [6.45, 7) is 2.05. The third-order valence-corrected chi connectivity index (χ3v) is 3.40. The van der Waals surface area contributed by atoms with Crippen LogP contribution in [-0.2, 0) is 30.5 Å². The Balaban J connectivity index is 2.47. The molecule has 0 radical (unpaired) electrons. The lowest BCUT2D eigenvalue weighted by Gasteiger charge is -2.20. The standard InChI is InChI=1S/C16H20BrNO5/c1-2-22-15(20)8-9-18(14(19)10-17)11-16(21)23-12-13-6-4-3-5-7-13/h3-7H,2,8-12H2,1H3. The summed E-state index contributed by atoms with van der Waals surface area (Å²) in [6.07, 6.45) is 0.0402. The fourth-order valence-corrected chi connectivity index (χ4v) is 2.13. The maximum Gasteiger partial charge on any atom is 0.325 e. The van der Waals surface area contributed by atoms with Crippen molar-refractivity contribution in [3.8, 4) is 0 Å². The molecule has 0 atom stereocenters. The number of hydrogen-bond donors (Lipinski definition) is 0. The van der Waals surface area contributed by atoms with Crippen molar-refractivity contribution in [1.29, 1.82) is 0 Å². The number of halogens is 1. The lowest BCUT2D eigenvalue weighted by molar-refractivity contribution is -0.151. The number of nitrogens with zero attached hydrogens (tertiary/aromatic N) is 1. The van der Waals surface area contributed by atoms with Gasteiger partial charge in [0.1, 0.15) is 13.2 Å². The lowest BCUT2D eigenvalue weighted by Crippen LogP contribution is -2.38. The summed E-state index contributed by atoms with van der Waals surface area (Å²) in [5.41, 5.74) is 0.866. The molecule has 0 bridgehead atoms. The molecule has 0 aliphatic carbocycles. The van der Waals surface area contributed by atoms with E-state index in [2.05, 4.69) is 15.9 Å². The molecule has 0 fully saturated rings. The molecule has 1 aromatic carbocycles. The van der Waals surface area contributed by atoms with E-state index in [9.17, 15) is 14.4 Å². The minimum absolute atomic E-state index is 0.0402. The molecule has 1 aromatic rings. The molecule has 0 heterocycles. The van der Waals surface area contributed by atoms with E-state index >= 15 is 0 Å². The van der Waals surface area contributed by atoms with Gasteiger partial charge in [-0.05, 0) is 12.5 Å². The smallest absolute Gasteiger partial charge is 0.325 e. The molecule has 23 heavy (non-hydrogen) atoms. The van der Waals surface area contributed by atoms with Crippen molar-refractivity contribution in [3.63, 3.8) is 0 Å². The van der Waals surface area contributed by atoms with E-state index in [-0.39, 0.29) is 44.0 Å². The van der Waals surface area contributed by atoms with Gasteiger partial charge >= 0.3 is 11.9 Å². The normalized spacial score (nSPS) is 10.0. The zero-order valence-electron chi connectivity index (χ0n) is 13.0. The SMILES string of the molecule is CCOC(=O)CCN(CC(=O)OCc1ccccc1)C(=O)CBr. The topological polar surface area (TPSA) is 72.9 Å². The number of hydrogen-bond acceptors (Lipinski definition) is 5. The predicted octanol–water partition coefficient (Wildman–Crippen LogP) is 1.91. The maximum absolute atomic E-state index is 11.9. The molecule has 0 unspecified atom stereocenters. The Morgan fingerprint density at radius 2 is 1.78 bits per heavy atom. The first-order valence-corrected chi connectivity index (χ1v) is 8.37. The Labute approximate surface area is 143 Å². The monoisotopic (exact) mass is 385 g/mol. The first kappa shape index (κ1) is 19.2. The van der Waals surface area contributed by atoms with Crippen LogP contribution >= 0.6 is 15.9 Å². The van der Waals surface area contributed by atoms with Crippen molar-refractivity contribution in [2.75, 3.05) is 25.0 Å². The number of benzene rings is 1. The third-order valence-electron chi connectivity index (χ3n) is 2.92. The minimum atomic E-state index is -0.521. The van der Waals surface area contributed by atoms with Crippen LogP contribution in [0.15, 0.2) is 30.3 Å². The molecule has 1 amide bonds. The number of carbonyl (C=O) groups excluding carboxylic acids is 3. The van der Waals surface area contributed by atoms with E-state index in [0.717, 1.165) is 5.56 Å². The number of rotatable bonds is 9. The highest BCUT2D eigenvalue weighted by Gasteiger charge is 2.18. The van der Waals surface area contributed by atoms with Crippen LogP contribution in [0.5, 0.6) is 0 Å². The van der Waals surface area contributed by atoms with E-state index in [4.69, 9.17) is 9.47 Å². The summed E-state index contributed by atoms with van der Waals surface area (Å²) in [7, 11) is 0. The molecule has 0 spiro atoms. The van der Waals surface area contributed by atoms with Gasteiger partial charge in [0.25, 0.3) is 0 Å². The molecule has 0 aliphatic heterocycles. The van der Waals surface area contributed by atoms with Crippen LogP contribution in [-0.4, -0.2) is 47.8 Å². The van der Waals surface area contributed by atoms with Gasteiger partial charge in [0.2, 0.25) is 5.91 Å². The second-order valence-electron chi connectivity index (χ2n) is 4.65. The highest BCUT2D eigenvalue weighted by atomic mass is 79.9. The first-order chi connectivity index (χ1) is 11.1. The Morgan fingerprint density at radius 3 is 2.39 bits per heavy atom. The van der Waals surface area contributed by atoms with E-state index in [1.165, 1.54) is 4.90 Å². The fraction of sp³-hybridized carbons (Fsp3) is 0.438. The first-order valence-electron chi connectivity index (χ1n) is 7.25. The van der Waals surface area contributed by atoms with Gasteiger partial charge in [0.05, 0.1) is 18.4 Å². The third kappa shape index (κ3) is 7.78. The Hall–Kier alpha value is -1.89. The molecule has 0 aromatic heterocycles. The van der Waals surface area contributed by atoms with E-state index in [1.807, 2.05) is 30.3 Å². The second kappa shape index (κ2) is 10.8. The van der Waals surface area contributed by atoms with Gasteiger partial charge in [-0.1, -0.05) is 46.3 Å².